The minimum absolute atomic E-state index is 0.0228. The second-order valence-electron chi connectivity index (χ2n) is 3.34. The first-order valence-corrected chi connectivity index (χ1v) is 5.22. The maximum absolute atomic E-state index is 12.0. The summed E-state index contributed by atoms with van der Waals surface area (Å²) in [6.45, 7) is 2.29. The number of hydrogen-bond acceptors (Lipinski definition) is 3. The number of benzene rings is 1. The quantitative estimate of drug-likeness (QED) is 0.908. The maximum Gasteiger partial charge on any atom is 0.573 e. The lowest BCUT2D eigenvalue weighted by atomic mass is 10.3. The molecular formula is C11H12F3NO3. The van der Waals surface area contributed by atoms with Crippen LogP contribution in [0.2, 0.25) is 0 Å². The third-order valence-corrected chi connectivity index (χ3v) is 1.77. The van der Waals surface area contributed by atoms with Gasteiger partial charge in [0.05, 0.1) is 0 Å². The van der Waals surface area contributed by atoms with Gasteiger partial charge >= 0.3 is 12.5 Å². The van der Waals surface area contributed by atoms with Crippen molar-refractivity contribution in [3.63, 3.8) is 0 Å². The molecule has 0 spiro atoms. The van der Waals surface area contributed by atoms with Crippen molar-refractivity contribution in [2.24, 2.45) is 0 Å². The molecule has 1 N–H and O–H groups in total. The van der Waals surface area contributed by atoms with E-state index in [1.165, 1.54) is 12.1 Å². The summed E-state index contributed by atoms with van der Waals surface area (Å²) in [5.74, 6) is -0.464. The lowest BCUT2D eigenvalue weighted by Gasteiger charge is -2.10. The Bertz CT molecular complexity index is 407. The van der Waals surface area contributed by atoms with Crippen LogP contribution in [0.15, 0.2) is 24.3 Å². The van der Waals surface area contributed by atoms with Gasteiger partial charge in [-0.3, -0.25) is 0 Å². The van der Waals surface area contributed by atoms with E-state index in [4.69, 9.17) is 4.74 Å². The smallest absolute Gasteiger partial charge is 0.410 e. The summed E-state index contributed by atoms with van der Waals surface area (Å²) in [5.41, 5.74) is 0. The predicted molar refractivity (Wildman–Crippen MR) is 57.4 cm³/mol. The average molecular weight is 263 g/mol. The Labute approximate surface area is 102 Å². The standard InChI is InChI=1S/C11H12F3NO3/c1-2-6-15-10(16)17-8-4-3-5-9(7-8)18-11(12,13)14/h3-5,7H,2,6H2,1H3,(H,15,16). The third-order valence-electron chi connectivity index (χ3n) is 1.77. The number of ether oxygens (including phenoxy) is 2. The summed E-state index contributed by atoms with van der Waals surface area (Å²) in [6.07, 6.45) is -4.77. The molecule has 0 saturated carbocycles. The maximum atomic E-state index is 12.0. The van der Waals surface area contributed by atoms with Gasteiger partial charge in [0, 0.05) is 12.6 Å². The van der Waals surface area contributed by atoms with Crippen molar-refractivity contribution >= 4 is 6.09 Å². The van der Waals surface area contributed by atoms with Gasteiger partial charge in [-0.1, -0.05) is 13.0 Å². The Hall–Kier alpha value is -1.92. The Morgan fingerprint density at radius 2 is 2.00 bits per heavy atom. The van der Waals surface area contributed by atoms with Crippen LogP contribution in [0.25, 0.3) is 0 Å². The van der Waals surface area contributed by atoms with Crippen LogP contribution in [0.3, 0.4) is 0 Å². The molecule has 4 nitrogen and oxygen atoms in total. The summed E-state index contributed by atoms with van der Waals surface area (Å²) in [6, 6.07) is 4.75. The minimum atomic E-state index is -4.77. The highest BCUT2D eigenvalue weighted by Crippen LogP contribution is 2.25. The number of alkyl halides is 3. The number of rotatable bonds is 4. The summed E-state index contributed by atoms with van der Waals surface area (Å²) >= 11 is 0. The third kappa shape index (κ3) is 5.42. The highest BCUT2D eigenvalue weighted by molar-refractivity contribution is 5.70. The fourth-order valence-electron chi connectivity index (χ4n) is 1.11. The molecule has 1 amide bonds. The highest BCUT2D eigenvalue weighted by Gasteiger charge is 2.31. The zero-order chi connectivity index (χ0) is 13.6. The number of carbonyl (C=O) groups excluding carboxylic acids is 1. The van der Waals surface area contributed by atoms with Crippen LogP contribution in [0, 0.1) is 0 Å². The van der Waals surface area contributed by atoms with E-state index in [-0.39, 0.29) is 5.75 Å². The Kier molecular flexibility index (Phi) is 4.82. The van der Waals surface area contributed by atoms with E-state index in [1.54, 1.807) is 0 Å². The number of hydrogen-bond donors (Lipinski definition) is 1. The first kappa shape index (κ1) is 14.1. The lowest BCUT2D eigenvalue weighted by molar-refractivity contribution is -0.274. The van der Waals surface area contributed by atoms with Gasteiger partial charge in [-0.05, 0) is 18.6 Å². The van der Waals surface area contributed by atoms with E-state index in [1.807, 2.05) is 6.92 Å². The van der Waals surface area contributed by atoms with Crippen molar-refractivity contribution in [3.8, 4) is 11.5 Å². The molecule has 0 atom stereocenters. The van der Waals surface area contributed by atoms with Crippen LogP contribution in [0.5, 0.6) is 11.5 Å². The van der Waals surface area contributed by atoms with Crippen molar-refractivity contribution in [2.75, 3.05) is 6.54 Å². The fraction of sp³-hybridized carbons (Fsp3) is 0.364. The van der Waals surface area contributed by atoms with Crippen LogP contribution >= 0.6 is 0 Å². The molecule has 0 aromatic heterocycles. The molecule has 0 aliphatic rings. The molecule has 0 bridgehead atoms. The molecular weight excluding hydrogens is 251 g/mol. The monoisotopic (exact) mass is 263 g/mol. The van der Waals surface area contributed by atoms with Crippen molar-refractivity contribution in [1.29, 1.82) is 0 Å². The molecule has 0 radical (unpaired) electrons. The molecule has 7 heteroatoms. The lowest BCUT2D eigenvalue weighted by Crippen LogP contribution is -2.27. The van der Waals surface area contributed by atoms with Crippen LogP contribution < -0.4 is 14.8 Å². The van der Waals surface area contributed by atoms with E-state index in [2.05, 4.69) is 10.1 Å². The second-order valence-corrected chi connectivity index (χ2v) is 3.34. The first-order chi connectivity index (χ1) is 8.40. The van der Waals surface area contributed by atoms with Crippen LogP contribution in [0.4, 0.5) is 18.0 Å². The number of nitrogens with one attached hydrogen (secondary N) is 1. The molecule has 18 heavy (non-hydrogen) atoms. The van der Waals surface area contributed by atoms with Crippen molar-refractivity contribution < 1.29 is 27.4 Å². The molecule has 1 rings (SSSR count). The van der Waals surface area contributed by atoms with Gasteiger partial charge in [0.15, 0.2) is 0 Å². The zero-order valence-corrected chi connectivity index (χ0v) is 9.58. The summed E-state index contributed by atoms with van der Waals surface area (Å²) < 4.78 is 44.3. The molecule has 1 aromatic rings. The van der Waals surface area contributed by atoms with Crippen molar-refractivity contribution in [1.82, 2.24) is 5.32 Å². The van der Waals surface area contributed by atoms with Crippen LogP contribution in [0.1, 0.15) is 13.3 Å². The van der Waals surface area contributed by atoms with E-state index in [0.717, 1.165) is 18.6 Å². The Balaban J connectivity index is 2.62. The molecule has 0 heterocycles. The minimum Gasteiger partial charge on any atom is -0.410 e. The normalized spacial score (nSPS) is 10.9. The van der Waals surface area contributed by atoms with E-state index in [0.29, 0.717) is 6.54 Å². The van der Waals surface area contributed by atoms with E-state index < -0.39 is 18.2 Å². The molecule has 0 aliphatic carbocycles. The summed E-state index contributed by atoms with van der Waals surface area (Å²) in [4.78, 5) is 11.2. The fourth-order valence-corrected chi connectivity index (χ4v) is 1.11. The van der Waals surface area contributed by atoms with Gasteiger partial charge in [0.25, 0.3) is 0 Å². The van der Waals surface area contributed by atoms with Gasteiger partial charge in [0.2, 0.25) is 0 Å². The van der Waals surface area contributed by atoms with Gasteiger partial charge in [-0.25, -0.2) is 4.79 Å². The average Bonchev–Trinajstić information content (AvgIpc) is 2.24. The van der Waals surface area contributed by atoms with Crippen LogP contribution in [-0.2, 0) is 0 Å². The summed E-state index contributed by atoms with van der Waals surface area (Å²) in [7, 11) is 0. The zero-order valence-electron chi connectivity index (χ0n) is 9.58. The Morgan fingerprint density at radius 3 is 2.61 bits per heavy atom. The topological polar surface area (TPSA) is 47.6 Å². The number of carbonyl (C=O) groups is 1. The van der Waals surface area contributed by atoms with E-state index >= 15 is 0 Å². The highest BCUT2D eigenvalue weighted by atomic mass is 19.4. The van der Waals surface area contributed by atoms with Gasteiger partial charge in [0.1, 0.15) is 11.5 Å². The molecule has 0 saturated heterocycles. The molecule has 1 aromatic carbocycles. The molecule has 0 fully saturated rings. The summed E-state index contributed by atoms with van der Waals surface area (Å²) in [5, 5.41) is 2.42. The first-order valence-electron chi connectivity index (χ1n) is 5.22. The SMILES string of the molecule is CCCNC(=O)Oc1cccc(OC(F)(F)F)c1. The second kappa shape index (κ2) is 6.13. The number of amides is 1. The largest absolute Gasteiger partial charge is 0.573 e. The predicted octanol–water partition coefficient (Wildman–Crippen LogP) is 3.08. The molecule has 0 unspecified atom stereocenters. The van der Waals surface area contributed by atoms with Crippen LogP contribution in [-0.4, -0.2) is 19.0 Å². The molecule has 0 aliphatic heterocycles. The number of halogens is 3. The van der Waals surface area contributed by atoms with Gasteiger partial charge in [-0.15, -0.1) is 13.2 Å². The van der Waals surface area contributed by atoms with Gasteiger partial charge in [-0.2, -0.15) is 0 Å². The van der Waals surface area contributed by atoms with Gasteiger partial charge < -0.3 is 14.8 Å². The van der Waals surface area contributed by atoms with Crippen molar-refractivity contribution in [2.45, 2.75) is 19.7 Å². The Morgan fingerprint density at radius 1 is 1.33 bits per heavy atom. The van der Waals surface area contributed by atoms with E-state index in [9.17, 15) is 18.0 Å². The molecule has 100 valence electrons. The van der Waals surface area contributed by atoms with Crippen molar-refractivity contribution in [3.05, 3.63) is 24.3 Å².